The van der Waals surface area contributed by atoms with Crippen LogP contribution < -0.4 is 0 Å². The van der Waals surface area contributed by atoms with Gasteiger partial charge in [0, 0.05) is 38.6 Å². The van der Waals surface area contributed by atoms with E-state index in [0.29, 0.717) is 117 Å². The maximum atomic E-state index is 14.3. The molecule has 0 unspecified atom stereocenters. The second-order valence-corrected chi connectivity index (χ2v) is 18.4. The number of halogens is 6. The zero-order chi connectivity index (χ0) is 52.2. The number of rotatable bonds is 8. The molecule has 5 nitrogen and oxygen atoms in total. The third kappa shape index (κ3) is 9.28. The maximum absolute atomic E-state index is 14.3. The van der Waals surface area contributed by atoms with Crippen molar-refractivity contribution in [2.45, 2.75) is 26.2 Å². The fourth-order valence-electron chi connectivity index (χ4n) is 9.88. The molecule has 75 heavy (non-hydrogen) atoms. The van der Waals surface area contributed by atoms with E-state index in [2.05, 4.69) is 10.9 Å². The largest absolute Gasteiger partial charge is 0.416 e. The summed E-state index contributed by atoms with van der Waals surface area (Å²) in [6.07, 6.45) is -9.22. The lowest BCUT2D eigenvalue weighted by atomic mass is 9.91. The van der Waals surface area contributed by atoms with Gasteiger partial charge in [-0.3, -0.25) is 0 Å². The minimum absolute atomic E-state index is 0.331. The summed E-state index contributed by atoms with van der Waals surface area (Å²) in [5, 5.41) is 11.5. The van der Waals surface area contributed by atoms with E-state index in [1.165, 1.54) is 0 Å². The highest BCUT2D eigenvalue weighted by Crippen LogP contribution is 2.47. The van der Waals surface area contributed by atoms with Gasteiger partial charge >= 0.3 is 12.4 Å². The van der Waals surface area contributed by atoms with Crippen molar-refractivity contribution in [1.82, 2.24) is 14.5 Å². The number of nitrogens with zero attached hydrogens (tertiary/aromatic N) is 5. The Bertz CT molecular complexity index is 3890. The van der Waals surface area contributed by atoms with Crippen molar-refractivity contribution in [3.63, 3.8) is 0 Å². The molecule has 2 aromatic heterocycles. The predicted molar refractivity (Wildman–Crippen MR) is 285 cm³/mol. The molecule has 9 aromatic carbocycles. The Balaban J connectivity index is 1.27. The first-order chi connectivity index (χ1) is 36.1. The number of alkyl halides is 6. The minimum atomic E-state index is -4.61. The summed E-state index contributed by atoms with van der Waals surface area (Å²) in [5.74, 6) is 0.395. The summed E-state index contributed by atoms with van der Waals surface area (Å²) in [5.41, 5.74) is 9.76. The number of aromatic nitrogens is 3. The lowest BCUT2D eigenvalue weighted by Crippen LogP contribution is -2.05. The Kier molecular flexibility index (Phi) is 12.0. The molecule has 11 heteroatoms. The number of hydrogen-bond donors (Lipinski definition) is 0. The summed E-state index contributed by atoms with van der Waals surface area (Å²) in [4.78, 5) is 14.2. The van der Waals surface area contributed by atoms with Gasteiger partial charge in [0.1, 0.15) is 0 Å². The molecule has 0 amide bonds. The van der Waals surface area contributed by atoms with Crippen molar-refractivity contribution in [3.05, 3.63) is 239 Å². The van der Waals surface area contributed by atoms with Crippen molar-refractivity contribution < 1.29 is 26.3 Å². The van der Waals surface area contributed by atoms with E-state index in [1.54, 1.807) is 74.5 Å². The third-order valence-corrected chi connectivity index (χ3v) is 13.3. The third-order valence-electron chi connectivity index (χ3n) is 13.3. The second kappa shape index (κ2) is 18.8. The van der Waals surface area contributed by atoms with Crippen molar-refractivity contribution in [2.24, 2.45) is 0 Å². The van der Waals surface area contributed by atoms with E-state index in [-0.39, 0.29) is 0 Å². The first-order valence-electron chi connectivity index (χ1n) is 23.8. The molecule has 0 aliphatic heterocycles. The second-order valence-electron chi connectivity index (χ2n) is 18.4. The summed E-state index contributed by atoms with van der Waals surface area (Å²) < 4.78 is 88.0. The lowest BCUT2D eigenvalue weighted by Gasteiger charge is -2.21. The molecule has 0 saturated carbocycles. The predicted octanol–water partition coefficient (Wildman–Crippen LogP) is 18.3. The highest BCUT2D eigenvalue weighted by Gasteiger charge is 2.33. The van der Waals surface area contributed by atoms with E-state index >= 15 is 0 Å². The van der Waals surface area contributed by atoms with Gasteiger partial charge in [-0.2, -0.15) is 31.6 Å². The lowest BCUT2D eigenvalue weighted by molar-refractivity contribution is -0.138. The first kappa shape index (κ1) is 47.7. The highest BCUT2D eigenvalue weighted by atomic mass is 19.4. The molecular weight excluding hydrogens is 953 g/mol. The number of nitriles is 1. The van der Waals surface area contributed by atoms with Gasteiger partial charge in [-0.05, 0) is 143 Å². The van der Waals surface area contributed by atoms with Gasteiger partial charge < -0.3 is 4.57 Å². The minimum Gasteiger partial charge on any atom is -0.308 e. The smallest absolute Gasteiger partial charge is 0.308 e. The van der Waals surface area contributed by atoms with Gasteiger partial charge in [0.2, 0.25) is 0 Å². The van der Waals surface area contributed by atoms with Crippen LogP contribution in [0.3, 0.4) is 0 Å². The van der Waals surface area contributed by atoms with Crippen molar-refractivity contribution in [2.75, 3.05) is 0 Å². The van der Waals surface area contributed by atoms with Crippen LogP contribution in [0.4, 0.5) is 32.0 Å². The normalized spacial score (nSPS) is 11.7. The molecule has 2 heterocycles. The zero-order valence-electron chi connectivity index (χ0n) is 40.1. The fraction of sp³-hybridized carbons (Fsp3) is 0.0625. The molecule has 0 N–H and O–H groups in total. The van der Waals surface area contributed by atoms with Crippen LogP contribution in [-0.4, -0.2) is 14.5 Å². The van der Waals surface area contributed by atoms with Gasteiger partial charge in [0.15, 0.2) is 11.5 Å². The summed E-state index contributed by atoms with van der Waals surface area (Å²) in [6.45, 7) is 11.3. The van der Waals surface area contributed by atoms with Crippen LogP contribution >= 0.6 is 0 Å². The molecule has 0 aliphatic rings. The molecule has 0 saturated heterocycles. The van der Waals surface area contributed by atoms with Crippen molar-refractivity contribution >= 4 is 27.5 Å². The zero-order valence-corrected chi connectivity index (χ0v) is 40.1. The van der Waals surface area contributed by atoms with E-state index < -0.39 is 23.5 Å². The first-order valence-corrected chi connectivity index (χ1v) is 23.8. The molecule has 0 fully saturated rings. The molecule has 362 valence electrons. The Morgan fingerprint density at radius 1 is 0.453 bits per heavy atom. The number of aryl methyl sites for hydroxylation is 2. The molecular formula is C64H39F6N5. The van der Waals surface area contributed by atoms with Gasteiger partial charge in [0.25, 0.3) is 0 Å². The topological polar surface area (TPSA) is 58.9 Å². The Labute approximate surface area is 427 Å². The van der Waals surface area contributed by atoms with Crippen LogP contribution in [0.25, 0.3) is 111 Å². The molecule has 0 aliphatic carbocycles. The molecule has 0 bridgehead atoms. The maximum Gasteiger partial charge on any atom is 0.416 e. The Hall–Kier alpha value is -9.58. The summed E-state index contributed by atoms with van der Waals surface area (Å²) >= 11 is 0. The van der Waals surface area contributed by atoms with E-state index in [9.17, 15) is 31.6 Å². The fourth-order valence-corrected chi connectivity index (χ4v) is 9.88. The van der Waals surface area contributed by atoms with E-state index in [0.717, 1.165) is 35.4 Å². The van der Waals surface area contributed by atoms with Crippen molar-refractivity contribution in [1.29, 1.82) is 5.26 Å². The van der Waals surface area contributed by atoms with Gasteiger partial charge in [0.05, 0.1) is 57.4 Å². The monoisotopic (exact) mass is 991 g/mol. The molecule has 0 atom stereocenters. The van der Waals surface area contributed by atoms with Crippen LogP contribution in [-0.2, 0) is 12.4 Å². The number of hydrogen-bond acceptors (Lipinski definition) is 3. The average Bonchev–Trinajstić information content (AvgIpc) is 3.77. The van der Waals surface area contributed by atoms with Crippen LogP contribution in [0, 0.1) is 31.8 Å². The highest BCUT2D eigenvalue weighted by molar-refractivity contribution is 6.13. The van der Waals surface area contributed by atoms with Gasteiger partial charge in [-0.25, -0.2) is 14.8 Å². The average molecular weight is 992 g/mol. The summed E-state index contributed by atoms with van der Waals surface area (Å²) in [6, 6.07) is 60.8. The van der Waals surface area contributed by atoms with Gasteiger partial charge in [-0.15, -0.1) is 0 Å². The number of fused-ring (bicyclic) bond motifs is 3. The van der Waals surface area contributed by atoms with Crippen LogP contribution in [0.1, 0.15) is 27.8 Å². The SMILES string of the molecule is [C-]#[N+]c1cccc(-c2cc(-c3nc(-c4ccccc4)cc(-c4ccccc4)n3)cc(-c3cccc(C#N)c3)c2-n2c3ccc(-c4cc(C)cc(C(F)(F)F)c4)cc3c3cc(-c4cc(C)cc(C(F)(F)F)c4)ccc32)c1. The van der Waals surface area contributed by atoms with E-state index in [4.69, 9.17) is 16.5 Å². The standard InChI is InChI=1S/C64H39F6N5/c1-38-24-47(29-50(26-38)63(65,66)67)43-20-22-59-55(32-43)56-33-44(48-25-39(2)27-51(30-48)64(68,69)70)21-23-60(56)75(59)61-53(45-17-10-12-40(28-45)37-71)34-49(35-54(61)46-18-11-19-52(31-46)72-3)62-73-57(41-13-6-4-7-14-41)36-58(74-62)42-15-8-5-9-16-42/h4-36H,1-2H3. The van der Waals surface area contributed by atoms with Gasteiger partial charge in [-0.1, -0.05) is 115 Å². The van der Waals surface area contributed by atoms with Crippen LogP contribution in [0.5, 0.6) is 0 Å². The van der Waals surface area contributed by atoms with Crippen molar-refractivity contribution in [3.8, 4) is 90.2 Å². The Morgan fingerprint density at radius 3 is 1.41 bits per heavy atom. The van der Waals surface area contributed by atoms with Crippen LogP contribution in [0.2, 0.25) is 0 Å². The van der Waals surface area contributed by atoms with Crippen LogP contribution in [0.15, 0.2) is 200 Å². The molecule has 11 aromatic rings. The molecule has 11 rings (SSSR count). The quantitative estimate of drug-likeness (QED) is 0.113. The molecule has 0 spiro atoms. The summed E-state index contributed by atoms with van der Waals surface area (Å²) in [7, 11) is 0. The Morgan fingerprint density at radius 2 is 0.933 bits per heavy atom. The number of benzene rings is 9. The molecule has 0 radical (unpaired) electrons. The van der Waals surface area contributed by atoms with E-state index in [1.807, 2.05) is 120 Å².